The van der Waals surface area contributed by atoms with Crippen LogP contribution < -0.4 is 4.74 Å². The summed E-state index contributed by atoms with van der Waals surface area (Å²) in [6, 6.07) is 11.1. The number of carbonyl (C=O) groups is 1. The number of nitrogens with zero attached hydrogens (tertiary/aromatic N) is 1. The topological polar surface area (TPSA) is 69.4 Å². The van der Waals surface area contributed by atoms with Gasteiger partial charge in [-0.05, 0) is 35.9 Å². The van der Waals surface area contributed by atoms with Crippen LogP contribution in [0.2, 0.25) is 5.02 Å². The van der Waals surface area contributed by atoms with Crippen LogP contribution in [0.4, 0.5) is 5.69 Å². The average molecular weight is 318 g/mol. The van der Waals surface area contributed by atoms with E-state index >= 15 is 0 Å². The molecule has 0 aliphatic carbocycles. The maximum atomic E-state index is 12.1. The molecule has 0 atom stereocenters. The number of benzene rings is 2. The van der Waals surface area contributed by atoms with E-state index in [2.05, 4.69) is 0 Å². The molecule has 0 saturated carbocycles. The Labute approximate surface area is 131 Å². The van der Waals surface area contributed by atoms with Crippen molar-refractivity contribution in [3.8, 4) is 5.75 Å². The summed E-state index contributed by atoms with van der Waals surface area (Å²) < 4.78 is 5.04. The highest BCUT2D eigenvalue weighted by Gasteiger charge is 2.14. The predicted molar refractivity (Wildman–Crippen MR) is 84.5 cm³/mol. The van der Waals surface area contributed by atoms with E-state index in [9.17, 15) is 14.9 Å². The average Bonchev–Trinajstić information content (AvgIpc) is 2.53. The van der Waals surface area contributed by atoms with E-state index in [0.717, 1.165) is 11.3 Å². The molecule has 2 aromatic rings. The van der Waals surface area contributed by atoms with Gasteiger partial charge in [0.15, 0.2) is 5.78 Å². The van der Waals surface area contributed by atoms with Crippen LogP contribution in [0.3, 0.4) is 0 Å². The molecule has 6 heteroatoms. The standard InChI is InChI=1S/C16H12ClNO4/c1-22-13-6-2-11(3-7-13)4-9-16(19)12-5-8-14(17)15(10-12)18(20)21/h2-10H,1H3/b9-4+. The summed E-state index contributed by atoms with van der Waals surface area (Å²) in [5.74, 6) is 0.382. The number of nitro groups is 1. The molecule has 2 aromatic carbocycles. The zero-order valence-electron chi connectivity index (χ0n) is 11.7. The van der Waals surface area contributed by atoms with Crippen LogP contribution in [-0.2, 0) is 0 Å². The number of allylic oxidation sites excluding steroid dienone is 1. The van der Waals surface area contributed by atoms with Gasteiger partial charge in [-0.15, -0.1) is 0 Å². The Bertz CT molecular complexity index is 738. The number of methoxy groups -OCH3 is 1. The fourth-order valence-electron chi connectivity index (χ4n) is 1.79. The predicted octanol–water partition coefficient (Wildman–Crippen LogP) is 4.15. The molecule has 22 heavy (non-hydrogen) atoms. The van der Waals surface area contributed by atoms with Crippen molar-refractivity contribution in [1.82, 2.24) is 0 Å². The van der Waals surface area contributed by atoms with Gasteiger partial charge in [-0.1, -0.05) is 29.8 Å². The van der Waals surface area contributed by atoms with Gasteiger partial charge in [0.2, 0.25) is 0 Å². The van der Waals surface area contributed by atoms with Crippen molar-refractivity contribution in [2.45, 2.75) is 0 Å². The minimum absolute atomic E-state index is 0.000633. The summed E-state index contributed by atoms with van der Waals surface area (Å²) in [5, 5.41) is 10.8. The van der Waals surface area contributed by atoms with Crippen molar-refractivity contribution >= 4 is 29.1 Å². The van der Waals surface area contributed by atoms with Crippen molar-refractivity contribution in [3.63, 3.8) is 0 Å². The van der Waals surface area contributed by atoms with Crippen LogP contribution in [0.15, 0.2) is 48.5 Å². The first-order valence-electron chi connectivity index (χ1n) is 6.31. The normalized spacial score (nSPS) is 10.6. The lowest BCUT2D eigenvalue weighted by molar-refractivity contribution is -0.384. The number of carbonyl (C=O) groups excluding carboxylic acids is 1. The molecule has 0 spiro atoms. The number of ketones is 1. The van der Waals surface area contributed by atoms with Crippen molar-refractivity contribution in [2.24, 2.45) is 0 Å². The van der Waals surface area contributed by atoms with Gasteiger partial charge in [-0.2, -0.15) is 0 Å². The fourth-order valence-corrected chi connectivity index (χ4v) is 1.98. The molecule has 0 aromatic heterocycles. The molecular weight excluding hydrogens is 306 g/mol. The Balaban J connectivity index is 2.19. The fraction of sp³-hybridized carbons (Fsp3) is 0.0625. The first kappa shape index (κ1) is 15.7. The third-order valence-corrected chi connectivity index (χ3v) is 3.29. The molecule has 0 N–H and O–H groups in total. The summed E-state index contributed by atoms with van der Waals surface area (Å²) in [6.07, 6.45) is 2.98. The third-order valence-electron chi connectivity index (χ3n) is 2.97. The van der Waals surface area contributed by atoms with E-state index < -0.39 is 4.92 Å². The van der Waals surface area contributed by atoms with Gasteiger partial charge in [-0.3, -0.25) is 14.9 Å². The highest BCUT2D eigenvalue weighted by Crippen LogP contribution is 2.25. The number of ether oxygens (including phenoxy) is 1. The smallest absolute Gasteiger partial charge is 0.288 e. The van der Waals surface area contributed by atoms with Crippen molar-refractivity contribution in [2.75, 3.05) is 7.11 Å². The lowest BCUT2D eigenvalue weighted by Crippen LogP contribution is -1.97. The van der Waals surface area contributed by atoms with Gasteiger partial charge in [0.25, 0.3) is 5.69 Å². The second kappa shape index (κ2) is 6.87. The van der Waals surface area contributed by atoms with Gasteiger partial charge in [0.05, 0.1) is 12.0 Å². The number of nitro benzene ring substituents is 1. The molecule has 0 saturated heterocycles. The van der Waals surface area contributed by atoms with Crippen molar-refractivity contribution in [3.05, 3.63) is 74.8 Å². The van der Waals surface area contributed by atoms with Crippen molar-refractivity contribution in [1.29, 1.82) is 0 Å². The van der Waals surface area contributed by atoms with Crippen LogP contribution in [-0.4, -0.2) is 17.8 Å². The quantitative estimate of drug-likeness (QED) is 0.359. The van der Waals surface area contributed by atoms with E-state index in [1.54, 1.807) is 37.5 Å². The lowest BCUT2D eigenvalue weighted by atomic mass is 10.1. The van der Waals surface area contributed by atoms with E-state index in [4.69, 9.17) is 16.3 Å². The minimum Gasteiger partial charge on any atom is -0.497 e. The Hall–Kier alpha value is -2.66. The lowest BCUT2D eigenvalue weighted by Gasteiger charge is -2.00. The summed E-state index contributed by atoms with van der Waals surface area (Å²) in [7, 11) is 1.57. The minimum atomic E-state index is -0.619. The van der Waals surface area contributed by atoms with Crippen LogP contribution in [0, 0.1) is 10.1 Å². The van der Waals surface area contributed by atoms with Gasteiger partial charge in [0, 0.05) is 11.6 Å². The van der Waals surface area contributed by atoms with Gasteiger partial charge in [-0.25, -0.2) is 0 Å². The van der Waals surface area contributed by atoms with E-state index in [0.29, 0.717) is 0 Å². The second-order valence-corrected chi connectivity index (χ2v) is 4.80. The molecule has 0 radical (unpaired) electrons. The first-order valence-corrected chi connectivity index (χ1v) is 6.69. The van der Waals surface area contributed by atoms with Gasteiger partial charge < -0.3 is 4.74 Å². The molecule has 112 valence electrons. The SMILES string of the molecule is COc1ccc(/C=C/C(=O)c2ccc(Cl)c([N+](=O)[O-])c2)cc1. The van der Waals surface area contributed by atoms with Crippen LogP contribution in [0.1, 0.15) is 15.9 Å². The van der Waals surface area contributed by atoms with Gasteiger partial charge >= 0.3 is 0 Å². The zero-order chi connectivity index (χ0) is 16.1. The molecule has 0 aliphatic heterocycles. The van der Waals surface area contributed by atoms with Gasteiger partial charge in [0.1, 0.15) is 10.8 Å². The molecular formula is C16H12ClNO4. The third kappa shape index (κ3) is 3.71. The van der Waals surface area contributed by atoms with Crippen LogP contribution in [0.5, 0.6) is 5.75 Å². The molecule has 0 fully saturated rings. The summed E-state index contributed by atoms with van der Waals surface area (Å²) >= 11 is 5.71. The molecule has 2 rings (SSSR count). The first-order chi connectivity index (χ1) is 10.5. The monoisotopic (exact) mass is 317 g/mol. The Morgan fingerprint density at radius 1 is 1.23 bits per heavy atom. The summed E-state index contributed by atoms with van der Waals surface area (Å²) in [5.41, 5.74) is 0.740. The van der Waals surface area contributed by atoms with E-state index in [1.165, 1.54) is 24.3 Å². The second-order valence-electron chi connectivity index (χ2n) is 4.39. The largest absolute Gasteiger partial charge is 0.497 e. The number of halogens is 1. The highest BCUT2D eigenvalue weighted by molar-refractivity contribution is 6.32. The van der Waals surface area contributed by atoms with Crippen LogP contribution in [0.25, 0.3) is 6.08 Å². The number of hydrogen-bond acceptors (Lipinski definition) is 4. The van der Waals surface area contributed by atoms with E-state index in [1.807, 2.05) is 0 Å². The highest BCUT2D eigenvalue weighted by atomic mass is 35.5. The zero-order valence-corrected chi connectivity index (χ0v) is 12.4. The van der Waals surface area contributed by atoms with E-state index in [-0.39, 0.29) is 22.1 Å². The molecule has 0 unspecified atom stereocenters. The summed E-state index contributed by atoms with van der Waals surface area (Å²) in [6.45, 7) is 0. The Kier molecular flexibility index (Phi) is 4.91. The maximum absolute atomic E-state index is 12.1. The van der Waals surface area contributed by atoms with Crippen LogP contribution >= 0.6 is 11.6 Å². The molecule has 5 nitrogen and oxygen atoms in total. The molecule has 0 heterocycles. The Morgan fingerprint density at radius 3 is 2.50 bits per heavy atom. The summed E-state index contributed by atoms with van der Waals surface area (Å²) in [4.78, 5) is 22.2. The molecule has 0 aliphatic rings. The Morgan fingerprint density at radius 2 is 1.91 bits per heavy atom. The number of hydrogen-bond donors (Lipinski definition) is 0. The number of rotatable bonds is 5. The molecule has 0 amide bonds. The maximum Gasteiger partial charge on any atom is 0.288 e. The van der Waals surface area contributed by atoms with Crippen molar-refractivity contribution < 1.29 is 14.5 Å². The molecule has 0 bridgehead atoms.